The number of nitrogens with two attached hydrogens (primary N) is 1. The number of carbonyl (C=O) groups excluding carboxylic acids is 2. The second-order valence-corrected chi connectivity index (χ2v) is 4.90. The lowest BCUT2D eigenvalue weighted by molar-refractivity contribution is -0.115. The Labute approximate surface area is 129 Å². The molecule has 2 aromatic rings. The highest BCUT2D eigenvalue weighted by Crippen LogP contribution is 2.11. The van der Waals surface area contributed by atoms with Gasteiger partial charge in [0.1, 0.15) is 0 Å². The molecule has 2 rings (SSSR count). The molecule has 0 unspecified atom stereocenters. The standard InChI is InChI=1S/C17H19N3O2/c1-2-19-17(22)13-5-9-15(10-6-13)20-16(21)11-12-3-7-14(18)8-4-12/h3-10H,2,11,18H2,1H3,(H,19,22)(H,20,21). The van der Waals surface area contributed by atoms with Gasteiger partial charge in [-0.05, 0) is 48.9 Å². The molecule has 0 aliphatic heterocycles. The molecular weight excluding hydrogens is 278 g/mol. The van der Waals surface area contributed by atoms with Gasteiger partial charge < -0.3 is 16.4 Å². The van der Waals surface area contributed by atoms with Crippen molar-refractivity contribution in [1.82, 2.24) is 5.32 Å². The van der Waals surface area contributed by atoms with Crippen molar-refractivity contribution < 1.29 is 9.59 Å². The van der Waals surface area contributed by atoms with E-state index in [2.05, 4.69) is 10.6 Å². The van der Waals surface area contributed by atoms with Crippen LogP contribution >= 0.6 is 0 Å². The maximum absolute atomic E-state index is 12.0. The van der Waals surface area contributed by atoms with Gasteiger partial charge in [-0.2, -0.15) is 0 Å². The third-order valence-corrected chi connectivity index (χ3v) is 3.11. The van der Waals surface area contributed by atoms with Crippen molar-refractivity contribution >= 4 is 23.2 Å². The number of amides is 2. The molecule has 5 nitrogen and oxygen atoms in total. The number of nitrogen functional groups attached to an aromatic ring is 1. The molecule has 0 bridgehead atoms. The number of anilines is 2. The molecule has 2 aromatic carbocycles. The van der Waals surface area contributed by atoms with E-state index >= 15 is 0 Å². The summed E-state index contributed by atoms with van der Waals surface area (Å²) in [6, 6.07) is 14.0. The molecule has 0 saturated heterocycles. The average molecular weight is 297 g/mol. The van der Waals surface area contributed by atoms with E-state index in [9.17, 15) is 9.59 Å². The molecule has 0 saturated carbocycles. The third kappa shape index (κ3) is 4.34. The summed E-state index contributed by atoms with van der Waals surface area (Å²) in [5, 5.41) is 5.52. The summed E-state index contributed by atoms with van der Waals surface area (Å²) in [6.45, 7) is 2.45. The zero-order chi connectivity index (χ0) is 15.9. The highest BCUT2D eigenvalue weighted by molar-refractivity contribution is 5.96. The Morgan fingerprint density at radius 3 is 2.23 bits per heavy atom. The van der Waals surface area contributed by atoms with Crippen molar-refractivity contribution in [2.75, 3.05) is 17.6 Å². The molecular formula is C17H19N3O2. The van der Waals surface area contributed by atoms with Gasteiger partial charge in [0.2, 0.25) is 5.91 Å². The fourth-order valence-electron chi connectivity index (χ4n) is 1.99. The number of hydrogen-bond donors (Lipinski definition) is 3. The Morgan fingerprint density at radius 2 is 1.64 bits per heavy atom. The maximum atomic E-state index is 12.0. The first-order valence-electron chi connectivity index (χ1n) is 7.11. The molecule has 2 amide bonds. The zero-order valence-electron chi connectivity index (χ0n) is 12.4. The van der Waals surface area contributed by atoms with Crippen LogP contribution in [0.25, 0.3) is 0 Å². The van der Waals surface area contributed by atoms with Gasteiger partial charge in [-0.15, -0.1) is 0 Å². The van der Waals surface area contributed by atoms with Crippen LogP contribution in [-0.4, -0.2) is 18.4 Å². The molecule has 0 aliphatic carbocycles. The van der Waals surface area contributed by atoms with Gasteiger partial charge in [0.05, 0.1) is 6.42 Å². The first-order valence-corrected chi connectivity index (χ1v) is 7.11. The average Bonchev–Trinajstić information content (AvgIpc) is 2.50. The lowest BCUT2D eigenvalue weighted by atomic mass is 10.1. The smallest absolute Gasteiger partial charge is 0.251 e. The summed E-state index contributed by atoms with van der Waals surface area (Å²) in [5.41, 5.74) is 8.40. The summed E-state index contributed by atoms with van der Waals surface area (Å²) in [6.07, 6.45) is 0.276. The van der Waals surface area contributed by atoms with Crippen LogP contribution < -0.4 is 16.4 Å². The van der Waals surface area contributed by atoms with Gasteiger partial charge in [0.15, 0.2) is 0 Å². The van der Waals surface area contributed by atoms with E-state index in [1.165, 1.54) is 0 Å². The molecule has 4 N–H and O–H groups in total. The van der Waals surface area contributed by atoms with Crippen LogP contribution in [0.4, 0.5) is 11.4 Å². The number of benzene rings is 2. The van der Waals surface area contributed by atoms with Crippen molar-refractivity contribution in [3.8, 4) is 0 Å². The summed E-state index contributed by atoms with van der Waals surface area (Å²) in [4.78, 5) is 23.6. The monoisotopic (exact) mass is 297 g/mol. The Hall–Kier alpha value is -2.82. The Balaban J connectivity index is 1.94. The summed E-state index contributed by atoms with van der Waals surface area (Å²) in [5.74, 6) is -0.238. The van der Waals surface area contributed by atoms with E-state index in [-0.39, 0.29) is 18.2 Å². The SMILES string of the molecule is CCNC(=O)c1ccc(NC(=O)Cc2ccc(N)cc2)cc1. The molecule has 0 fully saturated rings. The van der Waals surface area contributed by atoms with E-state index < -0.39 is 0 Å². The van der Waals surface area contributed by atoms with Crippen molar-refractivity contribution in [1.29, 1.82) is 0 Å². The quantitative estimate of drug-likeness (QED) is 0.740. The lowest BCUT2D eigenvalue weighted by Gasteiger charge is -2.07. The molecule has 0 radical (unpaired) electrons. The number of hydrogen-bond acceptors (Lipinski definition) is 3. The van der Waals surface area contributed by atoms with E-state index in [0.29, 0.717) is 23.5 Å². The minimum absolute atomic E-state index is 0.115. The largest absolute Gasteiger partial charge is 0.399 e. The molecule has 0 spiro atoms. The fraction of sp³-hybridized carbons (Fsp3) is 0.176. The van der Waals surface area contributed by atoms with E-state index in [0.717, 1.165) is 5.56 Å². The molecule has 22 heavy (non-hydrogen) atoms. The lowest BCUT2D eigenvalue weighted by Crippen LogP contribution is -2.22. The van der Waals surface area contributed by atoms with Crippen molar-refractivity contribution in [3.63, 3.8) is 0 Å². The van der Waals surface area contributed by atoms with Crippen LogP contribution in [-0.2, 0) is 11.2 Å². The minimum atomic E-state index is -0.123. The van der Waals surface area contributed by atoms with Crippen LogP contribution in [0, 0.1) is 0 Å². The van der Waals surface area contributed by atoms with Gasteiger partial charge in [-0.3, -0.25) is 9.59 Å². The van der Waals surface area contributed by atoms with Crippen LogP contribution in [0.2, 0.25) is 0 Å². The first-order chi connectivity index (χ1) is 10.6. The molecule has 0 aromatic heterocycles. The number of carbonyl (C=O) groups is 2. The summed E-state index contributed by atoms with van der Waals surface area (Å²) >= 11 is 0. The second kappa shape index (κ2) is 7.26. The van der Waals surface area contributed by atoms with Gasteiger partial charge in [0, 0.05) is 23.5 Å². The Bertz CT molecular complexity index is 649. The molecule has 5 heteroatoms. The van der Waals surface area contributed by atoms with Gasteiger partial charge in [-0.1, -0.05) is 12.1 Å². The van der Waals surface area contributed by atoms with E-state index in [1.807, 2.05) is 19.1 Å². The Kier molecular flexibility index (Phi) is 5.14. The Morgan fingerprint density at radius 1 is 1.00 bits per heavy atom. The molecule has 0 heterocycles. The summed E-state index contributed by atoms with van der Waals surface area (Å²) < 4.78 is 0. The van der Waals surface area contributed by atoms with Crippen molar-refractivity contribution in [3.05, 3.63) is 59.7 Å². The van der Waals surface area contributed by atoms with Crippen LogP contribution in [0.3, 0.4) is 0 Å². The maximum Gasteiger partial charge on any atom is 0.251 e. The number of nitrogens with one attached hydrogen (secondary N) is 2. The molecule has 114 valence electrons. The predicted molar refractivity (Wildman–Crippen MR) is 87.6 cm³/mol. The summed E-state index contributed by atoms with van der Waals surface area (Å²) in [7, 11) is 0. The van der Waals surface area contributed by atoms with Gasteiger partial charge >= 0.3 is 0 Å². The van der Waals surface area contributed by atoms with Crippen molar-refractivity contribution in [2.45, 2.75) is 13.3 Å². The topological polar surface area (TPSA) is 84.2 Å². The van der Waals surface area contributed by atoms with Gasteiger partial charge in [-0.25, -0.2) is 0 Å². The minimum Gasteiger partial charge on any atom is -0.399 e. The second-order valence-electron chi connectivity index (χ2n) is 4.90. The molecule has 0 aliphatic rings. The van der Waals surface area contributed by atoms with Crippen LogP contribution in [0.1, 0.15) is 22.8 Å². The van der Waals surface area contributed by atoms with Crippen LogP contribution in [0.5, 0.6) is 0 Å². The highest BCUT2D eigenvalue weighted by atomic mass is 16.2. The number of rotatable bonds is 5. The first kappa shape index (κ1) is 15.6. The predicted octanol–water partition coefficient (Wildman–Crippen LogP) is 2.20. The highest BCUT2D eigenvalue weighted by Gasteiger charge is 2.06. The third-order valence-electron chi connectivity index (χ3n) is 3.11. The van der Waals surface area contributed by atoms with E-state index in [4.69, 9.17) is 5.73 Å². The van der Waals surface area contributed by atoms with E-state index in [1.54, 1.807) is 36.4 Å². The zero-order valence-corrected chi connectivity index (χ0v) is 12.4. The van der Waals surface area contributed by atoms with Gasteiger partial charge in [0.25, 0.3) is 5.91 Å². The fourth-order valence-corrected chi connectivity index (χ4v) is 1.99. The molecule has 0 atom stereocenters. The van der Waals surface area contributed by atoms with Crippen molar-refractivity contribution in [2.24, 2.45) is 0 Å². The van der Waals surface area contributed by atoms with Crippen LogP contribution in [0.15, 0.2) is 48.5 Å². The normalized spacial score (nSPS) is 10.0.